The average Bonchev–Trinajstić information content (AvgIpc) is 2.45. The Bertz CT molecular complexity index is 484. The van der Waals surface area contributed by atoms with E-state index in [0.717, 1.165) is 24.5 Å². The number of hydrogen-bond acceptors (Lipinski definition) is 2. The van der Waals surface area contributed by atoms with Gasteiger partial charge < -0.3 is 10.2 Å². The van der Waals surface area contributed by atoms with E-state index in [2.05, 4.69) is 17.1 Å². The first kappa shape index (κ1) is 13.7. The molecule has 110 valence electrons. The number of halogens is 2. The average molecular weight is 280 g/mol. The van der Waals surface area contributed by atoms with Gasteiger partial charge in [0, 0.05) is 31.3 Å². The molecule has 2 nitrogen and oxygen atoms in total. The van der Waals surface area contributed by atoms with Gasteiger partial charge in [-0.2, -0.15) is 0 Å². The molecule has 2 aliphatic rings. The SMILES string of the molecule is CC1CNc2cc(F)c(F)cc2N1CC1CCCCC1. The van der Waals surface area contributed by atoms with Crippen LogP contribution in [-0.4, -0.2) is 19.1 Å². The van der Waals surface area contributed by atoms with Crippen molar-refractivity contribution in [2.75, 3.05) is 23.3 Å². The van der Waals surface area contributed by atoms with Crippen LogP contribution >= 0.6 is 0 Å². The quantitative estimate of drug-likeness (QED) is 0.875. The number of nitrogens with one attached hydrogen (secondary N) is 1. The molecule has 1 aliphatic carbocycles. The van der Waals surface area contributed by atoms with Gasteiger partial charge in [-0.15, -0.1) is 0 Å². The monoisotopic (exact) mass is 280 g/mol. The summed E-state index contributed by atoms with van der Waals surface area (Å²) in [5.41, 5.74) is 1.53. The van der Waals surface area contributed by atoms with Crippen LogP contribution in [-0.2, 0) is 0 Å². The van der Waals surface area contributed by atoms with Crippen molar-refractivity contribution in [3.05, 3.63) is 23.8 Å². The van der Waals surface area contributed by atoms with Crippen LogP contribution in [0.3, 0.4) is 0 Å². The summed E-state index contributed by atoms with van der Waals surface area (Å²) in [6.07, 6.45) is 6.46. The van der Waals surface area contributed by atoms with Gasteiger partial charge in [-0.25, -0.2) is 8.78 Å². The molecule has 1 heterocycles. The first-order valence-electron chi connectivity index (χ1n) is 7.64. The summed E-state index contributed by atoms with van der Waals surface area (Å²) in [5.74, 6) is -0.845. The topological polar surface area (TPSA) is 15.3 Å². The Morgan fingerprint density at radius 2 is 1.85 bits per heavy atom. The van der Waals surface area contributed by atoms with Crippen LogP contribution in [0.5, 0.6) is 0 Å². The highest BCUT2D eigenvalue weighted by Crippen LogP contribution is 2.35. The van der Waals surface area contributed by atoms with E-state index in [0.29, 0.717) is 12.0 Å². The molecule has 3 rings (SSSR count). The Labute approximate surface area is 119 Å². The summed E-state index contributed by atoms with van der Waals surface area (Å²) >= 11 is 0. The predicted molar refractivity (Wildman–Crippen MR) is 78.2 cm³/mol. The minimum Gasteiger partial charge on any atom is -0.381 e. The van der Waals surface area contributed by atoms with Crippen molar-refractivity contribution in [3.8, 4) is 0 Å². The summed E-state index contributed by atoms with van der Waals surface area (Å²) in [6, 6.07) is 2.94. The van der Waals surface area contributed by atoms with E-state index >= 15 is 0 Å². The van der Waals surface area contributed by atoms with Crippen LogP contribution in [0.2, 0.25) is 0 Å². The molecule has 0 saturated heterocycles. The molecule has 1 N–H and O–H groups in total. The molecule has 1 aliphatic heterocycles. The lowest BCUT2D eigenvalue weighted by molar-refractivity contribution is 0.351. The van der Waals surface area contributed by atoms with Crippen molar-refractivity contribution in [2.45, 2.75) is 45.1 Å². The molecule has 1 atom stereocenters. The highest BCUT2D eigenvalue weighted by molar-refractivity contribution is 5.73. The van der Waals surface area contributed by atoms with E-state index in [1.165, 1.54) is 44.2 Å². The molecule has 0 radical (unpaired) electrons. The molecule has 20 heavy (non-hydrogen) atoms. The molecule has 4 heteroatoms. The number of benzene rings is 1. The number of hydrogen-bond donors (Lipinski definition) is 1. The lowest BCUT2D eigenvalue weighted by atomic mass is 9.88. The Hall–Kier alpha value is -1.32. The Morgan fingerprint density at radius 1 is 1.15 bits per heavy atom. The van der Waals surface area contributed by atoms with Gasteiger partial charge in [0.15, 0.2) is 11.6 Å². The zero-order chi connectivity index (χ0) is 14.1. The van der Waals surface area contributed by atoms with Crippen molar-refractivity contribution < 1.29 is 8.78 Å². The summed E-state index contributed by atoms with van der Waals surface area (Å²) in [4.78, 5) is 2.25. The predicted octanol–water partition coefficient (Wildman–Crippen LogP) is 4.17. The fourth-order valence-corrected chi connectivity index (χ4v) is 3.45. The Morgan fingerprint density at radius 3 is 2.60 bits per heavy atom. The van der Waals surface area contributed by atoms with Crippen molar-refractivity contribution in [1.29, 1.82) is 0 Å². The van der Waals surface area contributed by atoms with E-state index in [1.54, 1.807) is 0 Å². The van der Waals surface area contributed by atoms with Gasteiger partial charge >= 0.3 is 0 Å². The molecule has 1 fully saturated rings. The van der Waals surface area contributed by atoms with Crippen molar-refractivity contribution in [2.24, 2.45) is 5.92 Å². The summed E-state index contributed by atoms with van der Waals surface area (Å²) in [5, 5.41) is 3.20. The highest BCUT2D eigenvalue weighted by atomic mass is 19.2. The van der Waals surface area contributed by atoms with Crippen molar-refractivity contribution in [3.63, 3.8) is 0 Å². The lowest BCUT2D eigenvalue weighted by Gasteiger charge is -2.40. The van der Waals surface area contributed by atoms with Gasteiger partial charge in [0.2, 0.25) is 0 Å². The van der Waals surface area contributed by atoms with E-state index in [9.17, 15) is 8.78 Å². The van der Waals surface area contributed by atoms with E-state index < -0.39 is 11.6 Å². The maximum absolute atomic E-state index is 13.6. The first-order chi connectivity index (χ1) is 9.65. The second kappa shape index (κ2) is 5.58. The second-order valence-electron chi connectivity index (χ2n) is 6.17. The molecule has 1 aromatic carbocycles. The van der Waals surface area contributed by atoms with E-state index in [1.807, 2.05) is 0 Å². The number of nitrogens with zero attached hydrogens (tertiary/aromatic N) is 1. The number of rotatable bonds is 2. The summed E-state index contributed by atoms with van der Waals surface area (Å²) < 4.78 is 26.9. The molecular formula is C16H22F2N2. The zero-order valence-corrected chi connectivity index (χ0v) is 12.0. The maximum Gasteiger partial charge on any atom is 0.161 e. The van der Waals surface area contributed by atoms with Crippen molar-refractivity contribution in [1.82, 2.24) is 0 Å². The number of anilines is 2. The Kier molecular flexibility index (Phi) is 3.81. The lowest BCUT2D eigenvalue weighted by Crippen LogP contribution is -2.45. The molecule has 0 amide bonds. The third kappa shape index (κ3) is 2.60. The third-order valence-corrected chi connectivity index (χ3v) is 4.65. The Balaban J connectivity index is 1.85. The van der Waals surface area contributed by atoms with Gasteiger partial charge in [0.25, 0.3) is 0 Å². The fourth-order valence-electron chi connectivity index (χ4n) is 3.45. The smallest absolute Gasteiger partial charge is 0.161 e. The molecule has 0 aromatic heterocycles. The van der Waals surface area contributed by atoms with Gasteiger partial charge in [0.1, 0.15) is 0 Å². The fraction of sp³-hybridized carbons (Fsp3) is 0.625. The summed E-state index contributed by atoms with van der Waals surface area (Å²) in [7, 11) is 0. The first-order valence-corrected chi connectivity index (χ1v) is 7.64. The van der Waals surface area contributed by atoms with Crippen LogP contribution in [0, 0.1) is 17.6 Å². The highest BCUT2D eigenvalue weighted by Gasteiger charge is 2.27. The molecule has 0 spiro atoms. The van der Waals surface area contributed by atoms with Gasteiger partial charge in [-0.1, -0.05) is 19.3 Å². The van der Waals surface area contributed by atoms with E-state index in [4.69, 9.17) is 0 Å². The zero-order valence-electron chi connectivity index (χ0n) is 12.0. The molecule has 0 bridgehead atoms. The van der Waals surface area contributed by atoms with Crippen LogP contribution in [0.15, 0.2) is 12.1 Å². The minimum atomic E-state index is -0.775. The standard InChI is InChI=1S/C16H22F2N2/c1-11-9-19-15-7-13(17)14(18)8-16(15)20(11)10-12-5-3-2-4-6-12/h7-8,11-12,19H,2-6,9-10H2,1H3. The maximum atomic E-state index is 13.6. The largest absolute Gasteiger partial charge is 0.381 e. The van der Waals surface area contributed by atoms with Crippen LogP contribution in [0.4, 0.5) is 20.2 Å². The van der Waals surface area contributed by atoms with Gasteiger partial charge in [-0.3, -0.25) is 0 Å². The van der Waals surface area contributed by atoms with Crippen molar-refractivity contribution >= 4 is 11.4 Å². The normalized spacial score (nSPS) is 23.4. The summed E-state index contributed by atoms with van der Waals surface area (Å²) in [6.45, 7) is 3.88. The molecule has 1 unspecified atom stereocenters. The van der Waals surface area contributed by atoms with Crippen LogP contribution in [0.25, 0.3) is 0 Å². The van der Waals surface area contributed by atoms with Crippen LogP contribution < -0.4 is 10.2 Å². The van der Waals surface area contributed by atoms with Crippen LogP contribution in [0.1, 0.15) is 39.0 Å². The molecular weight excluding hydrogens is 258 g/mol. The van der Waals surface area contributed by atoms with E-state index in [-0.39, 0.29) is 0 Å². The van der Waals surface area contributed by atoms with Gasteiger partial charge in [0.05, 0.1) is 11.4 Å². The van der Waals surface area contributed by atoms with Gasteiger partial charge in [-0.05, 0) is 25.7 Å². The molecule has 1 saturated carbocycles. The second-order valence-corrected chi connectivity index (χ2v) is 6.17. The minimum absolute atomic E-state index is 0.314. The third-order valence-electron chi connectivity index (χ3n) is 4.65. The molecule has 1 aromatic rings. The number of fused-ring (bicyclic) bond motifs is 1.